The van der Waals surface area contributed by atoms with Gasteiger partial charge in [-0.25, -0.2) is 4.39 Å². The molecule has 0 aromatic heterocycles. The molecule has 0 unspecified atom stereocenters. The lowest BCUT2D eigenvalue weighted by molar-refractivity contribution is -0.255. The number of nitrogens with zero attached hydrogens (tertiary/aromatic N) is 1. The third-order valence-corrected chi connectivity index (χ3v) is 4.78. The summed E-state index contributed by atoms with van der Waals surface area (Å²) in [6.45, 7) is 1.99. The van der Waals surface area contributed by atoms with Gasteiger partial charge in [-0.3, -0.25) is 4.79 Å². The number of fused-ring (bicyclic) bond motifs is 5. The third kappa shape index (κ3) is 1.82. The molecule has 0 saturated carbocycles. The Morgan fingerprint density at radius 2 is 2.04 bits per heavy atom. The van der Waals surface area contributed by atoms with Gasteiger partial charge in [0, 0.05) is 11.3 Å². The van der Waals surface area contributed by atoms with Gasteiger partial charge in [-0.05, 0) is 41.7 Å². The Bertz CT molecular complexity index is 861. The number of halogens is 1. The topological polar surface area (TPSA) is 60.4 Å². The van der Waals surface area contributed by atoms with E-state index in [1.165, 1.54) is 18.2 Å². The fourth-order valence-electron chi connectivity index (χ4n) is 3.77. The van der Waals surface area contributed by atoms with E-state index in [0.717, 1.165) is 5.56 Å². The van der Waals surface area contributed by atoms with E-state index in [1.54, 1.807) is 23.1 Å². The zero-order valence-electron chi connectivity index (χ0n) is 12.4. The molecule has 2 atom stereocenters. The first-order valence-corrected chi connectivity index (χ1v) is 7.46. The minimum absolute atomic E-state index is 0.0762. The number of carboxylic acid groups (broad SMARTS) is 1. The minimum Gasteiger partial charge on any atom is -0.545 e. The Balaban J connectivity index is 1.94. The first-order chi connectivity index (χ1) is 11.0. The molecule has 2 aromatic rings. The summed E-state index contributed by atoms with van der Waals surface area (Å²) in [6, 6.07) is 8.95. The molecule has 2 aliphatic heterocycles. The molecule has 0 fully saturated rings. The van der Waals surface area contributed by atoms with Gasteiger partial charge in [0.05, 0.1) is 17.6 Å². The summed E-state index contributed by atoms with van der Waals surface area (Å²) >= 11 is 0. The molecule has 2 heterocycles. The van der Waals surface area contributed by atoms with Crippen LogP contribution in [0.1, 0.15) is 57.1 Å². The lowest BCUT2D eigenvalue weighted by Crippen LogP contribution is -2.33. The molecule has 1 amide bonds. The van der Waals surface area contributed by atoms with Crippen LogP contribution in [0.3, 0.4) is 0 Å². The van der Waals surface area contributed by atoms with Crippen LogP contribution in [-0.2, 0) is 0 Å². The van der Waals surface area contributed by atoms with Crippen LogP contribution in [0, 0.1) is 5.82 Å². The highest BCUT2D eigenvalue weighted by atomic mass is 19.1. The molecule has 0 saturated heterocycles. The molecule has 4 rings (SSSR count). The van der Waals surface area contributed by atoms with Gasteiger partial charge in [0.2, 0.25) is 0 Å². The van der Waals surface area contributed by atoms with Gasteiger partial charge in [-0.1, -0.05) is 25.1 Å². The summed E-state index contributed by atoms with van der Waals surface area (Å²) in [6.07, 6.45) is 0.631. The van der Waals surface area contributed by atoms with Crippen molar-refractivity contribution in [1.82, 2.24) is 0 Å². The van der Waals surface area contributed by atoms with Gasteiger partial charge in [0.15, 0.2) is 0 Å². The fraction of sp³-hybridized carbons (Fsp3) is 0.222. The predicted octanol–water partition coefficient (Wildman–Crippen LogP) is 2.40. The molecule has 0 bridgehead atoms. The average Bonchev–Trinajstić information content (AvgIpc) is 2.81. The lowest BCUT2D eigenvalue weighted by Gasteiger charge is -2.35. The van der Waals surface area contributed by atoms with Crippen LogP contribution in [0.25, 0.3) is 0 Å². The second-order valence-electron chi connectivity index (χ2n) is 6.09. The number of carbonyl (C=O) groups excluding carboxylic acids is 2. The maximum Gasteiger partial charge on any atom is 0.259 e. The van der Waals surface area contributed by atoms with Crippen LogP contribution in [0.15, 0.2) is 36.4 Å². The van der Waals surface area contributed by atoms with Crippen molar-refractivity contribution < 1.29 is 19.1 Å². The Kier molecular flexibility index (Phi) is 2.82. The van der Waals surface area contributed by atoms with Gasteiger partial charge >= 0.3 is 0 Å². The summed E-state index contributed by atoms with van der Waals surface area (Å²) in [4.78, 5) is 25.8. The number of hydrogen-bond acceptors (Lipinski definition) is 3. The molecule has 0 N–H and O–H groups in total. The number of aromatic carboxylic acids is 1. The lowest BCUT2D eigenvalue weighted by atomic mass is 9.85. The highest BCUT2D eigenvalue weighted by Gasteiger charge is 2.43. The molecule has 23 heavy (non-hydrogen) atoms. The zero-order chi connectivity index (χ0) is 16.3. The molecular weight excluding hydrogens is 297 g/mol. The molecular formula is C18H13FNO3-. The molecule has 2 aliphatic rings. The van der Waals surface area contributed by atoms with E-state index in [9.17, 15) is 19.1 Å². The van der Waals surface area contributed by atoms with Gasteiger partial charge < -0.3 is 14.8 Å². The molecule has 0 aliphatic carbocycles. The van der Waals surface area contributed by atoms with Crippen LogP contribution < -0.4 is 10.0 Å². The third-order valence-electron chi connectivity index (χ3n) is 4.78. The number of anilines is 1. The summed E-state index contributed by atoms with van der Waals surface area (Å²) < 4.78 is 13.6. The predicted molar refractivity (Wildman–Crippen MR) is 79.8 cm³/mol. The molecule has 2 aromatic carbocycles. The Labute approximate surface area is 132 Å². The SMILES string of the molecule is C[C@H]1C[C@@H]2c3cccc(C(=O)[O-])c3C(=O)N2c2ccc(F)cc21. The van der Waals surface area contributed by atoms with Crippen LogP contribution in [-0.4, -0.2) is 11.9 Å². The number of amides is 1. The van der Waals surface area contributed by atoms with E-state index in [-0.39, 0.29) is 34.8 Å². The van der Waals surface area contributed by atoms with Crippen LogP contribution in [0.5, 0.6) is 0 Å². The van der Waals surface area contributed by atoms with Crippen molar-refractivity contribution in [2.45, 2.75) is 25.3 Å². The van der Waals surface area contributed by atoms with E-state index in [2.05, 4.69) is 0 Å². The summed E-state index contributed by atoms with van der Waals surface area (Å²) in [5.41, 5.74) is 2.25. The van der Waals surface area contributed by atoms with Crippen molar-refractivity contribution in [3.8, 4) is 0 Å². The van der Waals surface area contributed by atoms with Crippen molar-refractivity contribution in [3.63, 3.8) is 0 Å². The van der Waals surface area contributed by atoms with Crippen molar-refractivity contribution in [2.75, 3.05) is 4.90 Å². The van der Waals surface area contributed by atoms with Gasteiger partial charge in [0.1, 0.15) is 5.82 Å². The highest BCUT2D eigenvalue weighted by molar-refractivity contribution is 6.16. The van der Waals surface area contributed by atoms with Crippen molar-refractivity contribution in [1.29, 1.82) is 0 Å². The van der Waals surface area contributed by atoms with Crippen molar-refractivity contribution in [2.24, 2.45) is 0 Å². The number of hydrogen-bond donors (Lipinski definition) is 0. The largest absolute Gasteiger partial charge is 0.545 e. The van der Waals surface area contributed by atoms with E-state index in [1.807, 2.05) is 6.92 Å². The first-order valence-electron chi connectivity index (χ1n) is 7.46. The quantitative estimate of drug-likeness (QED) is 0.812. The Morgan fingerprint density at radius 1 is 1.26 bits per heavy atom. The fourth-order valence-corrected chi connectivity index (χ4v) is 3.77. The van der Waals surface area contributed by atoms with Gasteiger partial charge in [-0.2, -0.15) is 0 Å². The summed E-state index contributed by atoms with van der Waals surface area (Å²) in [7, 11) is 0. The van der Waals surface area contributed by atoms with Crippen molar-refractivity contribution in [3.05, 3.63) is 64.5 Å². The Morgan fingerprint density at radius 3 is 2.78 bits per heavy atom. The highest BCUT2D eigenvalue weighted by Crippen LogP contribution is 2.50. The Hall–Kier alpha value is -2.69. The van der Waals surface area contributed by atoms with Crippen LogP contribution in [0.2, 0.25) is 0 Å². The molecule has 4 nitrogen and oxygen atoms in total. The standard InChI is InChI=1S/C18H14FNO3/c1-9-7-15-11-3-2-4-12(18(22)23)16(11)17(21)20(15)14-6-5-10(19)8-13(9)14/h2-6,8-9,15H,7H2,1H3,(H,22,23)/p-1/t9-,15+/m0/s1. The summed E-state index contributed by atoms with van der Waals surface area (Å²) in [5.74, 6) is -1.98. The second-order valence-corrected chi connectivity index (χ2v) is 6.09. The van der Waals surface area contributed by atoms with Crippen molar-refractivity contribution >= 4 is 17.6 Å². The zero-order valence-corrected chi connectivity index (χ0v) is 12.4. The maximum atomic E-state index is 13.6. The minimum atomic E-state index is -1.36. The smallest absolute Gasteiger partial charge is 0.259 e. The number of carboxylic acids is 1. The maximum absolute atomic E-state index is 13.6. The molecule has 5 heteroatoms. The van der Waals surface area contributed by atoms with E-state index in [0.29, 0.717) is 17.7 Å². The van der Waals surface area contributed by atoms with Gasteiger partial charge in [0.25, 0.3) is 5.91 Å². The average molecular weight is 310 g/mol. The number of carbonyl (C=O) groups is 2. The second kappa shape index (κ2) is 4.65. The van der Waals surface area contributed by atoms with Gasteiger partial charge in [-0.15, -0.1) is 0 Å². The van der Waals surface area contributed by atoms with Crippen LogP contribution in [0.4, 0.5) is 10.1 Å². The molecule has 0 spiro atoms. The van der Waals surface area contributed by atoms with Crippen LogP contribution >= 0.6 is 0 Å². The first kappa shape index (κ1) is 13.9. The molecule has 0 radical (unpaired) electrons. The molecule has 116 valence electrons. The summed E-state index contributed by atoms with van der Waals surface area (Å²) in [5, 5.41) is 11.3. The van der Waals surface area contributed by atoms with E-state index < -0.39 is 5.97 Å². The number of rotatable bonds is 1. The van der Waals surface area contributed by atoms with E-state index in [4.69, 9.17) is 0 Å². The normalized spacial score (nSPS) is 21.7. The number of benzene rings is 2. The monoisotopic (exact) mass is 310 g/mol. The van der Waals surface area contributed by atoms with E-state index >= 15 is 0 Å².